The Labute approximate surface area is 95.4 Å². The summed E-state index contributed by atoms with van der Waals surface area (Å²) >= 11 is 5.88. The van der Waals surface area contributed by atoms with Crippen molar-refractivity contribution in [2.75, 3.05) is 18.0 Å². The molecule has 0 amide bonds. The summed E-state index contributed by atoms with van der Waals surface area (Å²) in [5.41, 5.74) is 1.16. The SMILES string of the molecule is CC1CN(c2ccnc(Cl)c2)CC(C)N1. The van der Waals surface area contributed by atoms with Crippen LogP contribution >= 0.6 is 11.6 Å². The van der Waals surface area contributed by atoms with E-state index in [1.807, 2.05) is 12.1 Å². The van der Waals surface area contributed by atoms with Crippen molar-refractivity contribution >= 4 is 17.3 Å². The fourth-order valence-electron chi connectivity index (χ4n) is 2.13. The fourth-order valence-corrected chi connectivity index (χ4v) is 2.29. The zero-order valence-corrected chi connectivity index (χ0v) is 9.83. The van der Waals surface area contributed by atoms with Crippen LogP contribution in [0.5, 0.6) is 0 Å². The van der Waals surface area contributed by atoms with E-state index in [1.54, 1.807) is 6.20 Å². The van der Waals surface area contributed by atoms with Gasteiger partial charge in [-0.2, -0.15) is 0 Å². The van der Waals surface area contributed by atoms with Gasteiger partial charge in [-0.1, -0.05) is 11.6 Å². The first-order valence-electron chi connectivity index (χ1n) is 5.27. The molecule has 0 bridgehead atoms. The second kappa shape index (κ2) is 4.37. The summed E-state index contributed by atoms with van der Waals surface area (Å²) in [6.07, 6.45) is 1.76. The lowest BCUT2D eigenvalue weighted by Crippen LogP contribution is -2.54. The number of pyridine rings is 1. The van der Waals surface area contributed by atoms with Gasteiger partial charge in [0, 0.05) is 37.1 Å². The molecule has 2 atom stereocenters. The van der Waals surface area contributed by atoms with Crippen LogP contribution in [0.25, 0.3) is 0 Å². The lowest BCUT2D eigenvalue weighted by molar-refractivity contribution is 0.407. The molecular formula is C11H16ClN3. The second-order valence-electron chi connectivity index (χ2n) is 4.21. The predicted octanol–water partition coefficient (Wildman–Crippen LogP) is 1.92. The Hall–Kier alpha value is -0.800. The van der Waals surface area contributed by atoms with Crippen molar-refractivity contribution < 1.29 is 0 Å². The fraction of sp³-hybridized carbons (Fsp3) is 0.545. The van der Waals surface area contributed by atoms with E-state index in [1.165, 1.54) is 0 Å². The van der Waals surface area contributed by atoms with Crippen LogP contribution in [0.15, 0.2) is 18.3 Å². The molecule has 1 fully saturated rings. The van der Waals surface area contributed by atoms with Gasteiger partial charge in [-0.25, -0.2) is 4.98 Å². The van der Waals surface area contributed by atoms with E-state index in [0.29, 0.717) is 17.2 Å². The number of rotatable bonds is 1. The first kappa shape index (κ1) is 10.7. The molecule has 2 unspecified atom stereocenters. The molecule has 1 aliphatic heterocycles. The predicted molar refractivity (Wildman–Crippen MR) is 63.5 cm³/mol. The minimum atomic E-state index is 0.515. The minimum Gasteiger partial charge on any atom is -0.368 e. The number of anilines is 1. The lowest BCUT2D eigenvalue weighted by Gasteiger charge is -2.37. The van der Waals surface area contributed by atoms with Crippen LogP contribution in [0.4, 0.5) is 5.69 Å². The van der Waals surface area contributed by atoms with Crippen molar-refractivity contribution in [2.24, 2.45) is 0 Å². The first-order chi connectivity index (χ1) is 7.15. The van der Waals surface area contributed by atoms with E-state index in [0.717, 1.165) is 18.8 Å². The largest absolute Gasteiger partial charge is 0.368 e. The average molecular weight is 226 g/mol. The third-order valence-electron chi connectivity index (χ3n) is 2.63. The maximum atomic E-state index is 5.88. The van der Waals surface area contributed by atoms with Gasteiger partial charge in [0.05, 0.1) is 0 Å². The van der Waals surface area contributed by atoms with Gasteiger partial charge in [0.25, 0.3) is 0 Å². The van der Waals surface area contributed by atoms with Crippen LogP contribution in [-0.4, -0.2) is 30.2 Å². The molecule has 82 valence electrons. The van der Waals surface area contributed by atoms with Crippen molar-refractivity contribution in [1.82, 2.24) is 10.3 Å². The van der Waals surface area contributed by atoms with Crippen LogP contribution < -0.4 is 10.2 Å². The van der Waals surface area contributed by atoms with E-state index >= 15 is 0 Å². The van der Waals surface area contributed by atoms with E-state index in [4.69, 9.17) is 11.6 Å². The molecule has 1 saturated heterocycles. The highest BCUT2D eigenvalue weighted by molar-refractivity contribution is 6.29. The highest BCUT2D eigenvalue weighted by Gasteiger charge is 2.20. The molecular weight excluding hydrogens is 210 g/mol. The summed E-state index contributed by atoms with van der Waals surface area (Å²) in [5.74, 6) is 0. The van der Waals surface area contributed by atoms with Crippen molar-refractivity contribution in [3.63, 3.8) is 0 Å². The van der Waals surface area contributed by atoms with Crippen LogP contribution in [0.1, 0.15) is 13.8 Å². The Morgan fingerprint density at radius 1 is 1.40 bits per heavy atom. The standard InChI is InChI=1S/C11H16ClN3/c1-8-6-15(7-9(2)14-8)10-3-4-13-11(12)5-10/h3-5,8-9,14H,6-7H2,1-2H3. The second-order valence-corrected chi connectivity index (χ2v) is 4.60. The molecule has 1 aliphatic rings. The highest BCUT2D eigenvalue weighted by atomic mass is 35.5. The smallest absolute Gasteiger partial charge is 0.131 e. The van der Waals surface area contributed by atoms with Crippen molar-refractivity contribution in [3.8, 4) is 0 Å². The Morgan fingerprint density at radius 2 is 2.07 bits per heavy atom. The minimum absolute atomic E-state index is 0.515. The van der Waals surface area contributed by atoms with Gasteiger partial charge in [-0.3, -0.25) is 0 Å². The van der Waals surface area contributed by atoms with Gasteiger partial charge in [0.2, 0.25) is 0 Å². The molecule has 0 aliphatic carbocycles. The molecule has 1 N–H and O–H groups in total. The van der Waals surface area contributed by atoms with Crippen LogP contribution in [-0.2, 0) is 0 Å². The zero-order valence-electron chi connectivity index (χ0n) is 9.07. The van der Waals surface area contributed by atoms with Gasteiger partial charge in [-0.15, -0.1) is 0 Å². The van der Waals surface area contributed by atoms with E-state index in [-0.39, 0.29) is 0 Å². The van der Waals surface area contributed by atoms with Crippen LogP contribution in [0.3, 0.4) is 0 Å². The molecule has 4 heteroatoms. The number of halogens is 1. The molecule has 0 radical (unpaired) electrons. The zero-order chi connectivity index (χ0) is 10.8. The molecule has 1 aromatic heterocycles. The van der Waals surface area contributed by atoms with Gasteiger partial charge in [0.15, 0.2) is 0 Å². The van der Waals surface area contributed by atoms with Gasteiger partial charge >= 0.3 is 0 Å². The van der Waals surface area contributed by atoms with Crippen LogP contribution in [0.2, 0.25) is 5.15 Å². The number of nitrogens with one attached hydrogen (secondary N) is 1. The van der Waals surface area contributed by atoms with Gasteiger partial charge in [-0.05, 0) is 26.0 Å². The number of hydrogen-bond acceptors (Lipinski definition) is 3. The Morgan fingerprint density at radius 3 is 2.67 bits per heavy atom. The van der Waals surface area contributed by atoms with Crippen LogP contribution in [0, 0.1) is 0 Å². The quantitative estimate of drug-likeness (QED) is 0.741. The number of hydrogen-bond donors (Lipinski definition) is 1. The van der Waals surface area contributed by atoms with E-state index in [9.17, 15) is 0 Å². The average Bonchev–Trinajstić information content (AvgIpc) is 2.16. The molecule has 0 saturated carbocycles. The molecule has 3 nitrogen and oxygen atoms in total. The summed E-state index contributed by atoms with van der Waals surface area (Å²) in [6.45, 7) is 6.44. The topological polar surface area (TPSA) is 28.2 Å². The summed E-state index contributed by atoms with van der Waals surface area (Å²) < 4.78 is 0. The maximum absolute atomic E-state index is 5.88. The highest BCUT2D eigenvalue weighted by Crippen LogP contribution is 2.19. The molecule has 0 aromatic carbocycles. The van der Waals surface area contributed by atoms with Crippen molar-refractivity contribution in [1.29, 1.82) is 0 Å². The molecule has 0 spiro atoms. The number of aromatic nitrogens is 1. The molecule has 1 aromatic rings. The molecule has 15 heavy (non-hydrogen) atoms. The Balaban J connectivity index is 2.16. The van der Waals surface area contributed by atoms with Gasteiger partial charge in [0.1, 0.15) is 5.15 Å². The summed E-state index contributed by atoms with van der Waals surface area (Å²) in [5, 5.41) is 4.06. The molecule has 2 rings (SSSR count). The Kier molecular flexibility index (Phi) is 3.12. The number of piperazine rings is 1. The molecule has 2 heterocycles. The maximum Gasteiger partial charge on any atom is 0.131 e. The monoisotopic (exact) mass is 225 g/mol. The summed E-state index contributed by atoms with van der Waals surface area (Å²) in [4.78, 5) is 6.34. The van der Waals surface area contributed by atoms with Gasteiger partial charge < -0.3 is 10.2 Å². The summed E-state index contributed by atoms with van der Waals surface area (Å²) in [7, 11) is 0. The van der Waals surface area contributed by atoms with E-state index in [2.05, 4.69) is 29.0 Å². The van der Waals surface area contributed by atoms with E-state index < -0.39 is 0 Å². The first-order valence-corrected chi connectivity index (χ1v) is 5.65. The third-order valence-corrected chi connectivity index (χ3v) is 2.84. The normalized spacial score (nSPS) is 26.7. The summed E-state index contributed by atoms with van der Waals surface area (Å²) in [6, 6.07) is 4.96. The number of nitrogens with zero attached hydrogens (tertiary/aromatic N) is 2. The van der Waals surface area contributed by atoms with Crippen molar-refractivity contribution in [3.05, 3.63) is 23.5 Å². The Bertz CT molecular complexity index is 332. The lowest BCUT2D eigenvalue weighted by atomic mass is 10.1. The third kappa shape index (κ3) is 2.61. The van der Waals surface area contributed by atoms with Crippen molar-refractivity contribution in [2.45, 2.75) is 25.9 Å².